The predicted octanol–water partition coefficient (Wildman–Crippen LogP) is 0.189. The molecule has 0 aromatic heterocycles. The van der Waals surface area contributed by atoms with Crippen LogP contribution in [-0.2, 0) is 4.74 Å². The van der Waals surface area contributed by atoms with Crippen molar-refractivity contribution in [1.29, 1.82) is 5.26 Å². The number of nitriles is 1. The van der Waals surface area contributed by atoms with Gasteiger partial charge in [0, 0.05) is 13.7 Å². The van der Waals surface area contributed by atoms with Gasteiger partial charge in [-0.15, -0.1) is 0 Å². The van der Waals surface area contributed by atoms with Crippen LogP contribution in [0.2, 0.25) is 0 Å². The number of aliphatic hydroxyl groups is 2. The third kappa shape index (κ3) is 4.43. The van der Waals surface area contributed by atoms with Crippen molar-refractivity contribution >= 4 is 0 Å². The SMILES string of the molecule is COCC(CO)NCC(O)c1ccc(C#N)cc1. The van der Waals surface area contributed by atoms with Gasteiger partial charge in [-0.3, -0.25) is 0 Å². The van der Waals surface area contributed by atoms with Gasteiger partial charge in [-0.1, -0.05) is 12.1 Å². The summed E-state index contributed by atoms with van der Waals surface area (Å²) in [6.07, 6.45) is -0.677. The standard InChI is InChI=1S/C13H18N2O3/c1-18-9-12(8-16)15-7-13(17)11-4-2-10(6-14)3-5-11/h2-5,12-13,15-17H,7-9H2,1H3. The third-order valence-electron chi connectivity index (χ3n) is 2.61. The van der Waals surface area contributed by atoms with Gasteiger partial charge in [0.1, 0.15) is 0 Å². The van der Waals surface area contributed by atoms with Gasteiger partial charge < -0.3 is 20.3 Å². The molecule has 0 fully saturated rings. The highest BCUT2D eigenvalue weighted by Crippen LogP contribution is 2.12. The molecule has 2 atom stereocenters. The van der Waals surface area contributed by atoms with Gasteiger partial charge in [0.25, 0.3) is 0 Å². The lowest BCUT2D eigenvalue weighted by atomic mass is 10.1. The molecule has 0 saturated carbocycles. The molecule has 0 saturated heterocycles. The Hall–Kier alpha value is -1.45. The Kier molecular flexibility index (Phi) is 6.33. The fourth-order valence-electron chi connectivity index (χ4n) is 1.55. The molecule has 1 aromatic carbocycles. The minimum absolute atomic E-state index is 0.0477. The van der Waals surface area contributed by atoms with E-state index in [0.717, 1.165) is 5.56 Å². The first-order valence-corrected chi connectivity index (χ1v) is 5.72. The minimum Gasteiger partial charge on any atom is -0.395 e. The summed E-state index contributed by atoms with van der Waals surface area (Å²) in [7, 11) is 1.56. The molecule has 0 aliphatic rings. The van der Waals surface area contributed by atoms with Gasteiger partial charge >= 0.3 is 0 Å². The summed E-state index contributed by atoms with van der Waals surface area (Å²) in [5.74, 6) is 0. The molecule has 98 valence electrons. The maximum Gasteiger partial charge on any atom is 0.0991 e. The Bertz CT molecular complexity index is 386. The maximum absolute atomic E-state index is 9.93. The molecule has 5 heteroatoms. The molecule has 1 rings (SSSR count). The number of rotatable bonds is 7. The lowest BCUT2D eigenvalue weighted by molar-refractivity contribution is 0.111. The number of nitrogens with zero attached hydrogens (tertiary/aromatic N) is 1. The summed E-state index contributed by atoms with van der Waals surface area (Å²) in [4.78, 5) is 0. The van der Waals surface area contributed by atoms with Gasteiger partial charge in [0.15, 0.2) is 0 Å². The van der Waals surface area contributed by atoms with Crippen molar-refractivity contribution in [1.82, 2.24) is 5.32 Å². The van der Waals surface area contributed by atoms with E-state index in [1.165, 1.54) is 0 Å². The number of benzene rings is 1. The van der Waals surface area contributed by atoms with Gasteiger partial charge in [-0.25, -0.2) is 0 Å². The molecule has 5 nitrogen and oxygen atoms in total. The minimum atomic E-state index is -0.677. The summed E-state index contributed by atoms with van der Waals surface area (Å²) in [6.45, 7) is 0.658. The molecule has 0 heterocycles. The molecule has 0 amide bonds. The lowest BCUT2D eigenvalue weighted by Crippen LogP contribution is -2.38. The normalized spacial score (nSPS) is 13.9. The van der Waals surface area contributed by atoms with Crippen molar-refractivity contribution in [3.63, 3.8) is 0 Å². The van der Waals surface area contributed by atoms with E-state index in [0.29, 0.717) is 18.7 Å². The Morgan fingerprint density at radius 3 is 2.56 bits per heavy atom. The van der Waals surface area contributed by atoms with Crippen molar-refractivity contribution in [3.05, 3.63) is 35.4 Å². The highest BCUT2D eigenvalue weighted by Gasteiger charge is 2.11. The number of hydrogen-bond donors (Lipinski definition) is 3. The lowest BCUT2D eigenvalue weighted by Gasteiger charge is -2.18. The maximum atomic E-state index is 9.93. The summed E-state index contributed by atoms with van der Waals surface area (Å²) >= 11 is 0. The van der Waals surface area contributed by atoms with E-state index in [9.17, 15) is 5.11 Å². The molecule has 0 radical (unpaired) electrons. The van der Waals surface area contributed by atoms with Gasteiger partial charge in [0.05, 0.1) is 37.0 Å². The smallest absolute Gasteiger partial charge is 0.0991 e. The van der Waals surface area contributed by atoms with Crippen molar-refractivity contribution in [2.24, 2.45) is 0 Å². The number of aliphatic hydroxyl groups excluding tert-OH is 2. The van der Waals surface area contributed by atoms with E-state index in [-0.39, 0.29) is 12.6 Å². The van der Waals surface area contributed by atoms with Crippen LogP contribution in [0, 0.1) is 11.3 Å². The number of nitrogens with one attached hydrogen (secondary N) is 1. The first-order valence-electron chi connectivity index (χ1n) is 5.72. The largest absolute Gasteiger partial charge is 0.395 e. The molecule has 0 spiro atoms. The molecule has 0 aliphatic heterocycles. The molecule has 1 aromatic rings. The van der Waals surface area contributed by atoms with E-state index in [2.05, 4.69) is 5.32 Å². The van der Waals surface area contributed by atoms with E-state index in [1.54, 1.807) is 31.4 Å². The molecule has 0 aliphatic carbocycles. The Labute approximate surface area is 107 Å². The average Bonchev–Trinajstić information content (AvgIpc) is 2.43. The van der Waals surface area contributed by atoms with Crippen LogP contribution in [0.5, 0.6) is 0 Å². The van der Waals surface area contributed by atoms with Crippen LogP contribution in [0.4, 0.5) is 0 Å². The van der Waals surface area contributed by atoms with Crippen molar-refractivity contribution in [2.75, 3.05) is 26.9 Å². The van der Waals surface area contributed by atoms with Crippen LogP contribution in [0.3, 0.4) is 0 Å². The predicted molar refractivity (Wildman–Crippen MR) is 66.9 cm³/mol. The second-order valence-electron chi connectivity index (χ2n) is 3.99. The molecular weight excluding hydrogens is 232 g/mol. The van der Waals surface area contributed by atoms with Crippen LogP contribution in [0.25, 0.3) is 0 Å². The zero-order valence-corrected chi connectivity index (χ0v) is 10.3. The Morgan fingerprint density at radius 1 is 1.39 bits per heavy atom. The zero-order valence-electron chi connectivity index (χ0n) is 10.3. The Morgan fingerprint density at radius 2 is 2.06 bits per heavy atom. The molecular formula is C13H18N2O3. The summed E-state index contributed by atoms with van der Waals surface area (Å²) in [5, 5.41) is 30.7. The number of hydrogen-bond acceptors (Lipinski definition) is 5. The highest BCUT2D eigenvalue weighted by molar-refractivity contribution is 5.32. The van der Waals surface area contributed by atoms with Gasteiger partial charge in [0.2, 0.25) is 0 Å². The van der Waals surface area contributed by atoms with Crippen molar-refractivity contribution < 1.29 is 14.9 Å². The first kappa shape index (κ1) is 14.6. The monoisotopic (exact) mass is 250 g/mol. The van der Waals surface area contributed by atoms with Crippen LogP contribution in [0.15, 0.2) is 24.3 Å². The van der Waals surface area contributed by atoms with E-state index >= 15 is 0 Å². The van der Waals surface area contributed by atoms with E-state index in [1.807, 2.05) is 6.07 Å². The van der Waals surface area contributed by atoms with Crippen LogP contribution < -0.4 is 5.32 Å². The van der Waals surface area contributed by atoms with Crippen molar-refractivity contribution in [3.8, 4) is 6.07 Å². The zero-order chi connectivity index (χ0) is 13.4. The fraction of sp³-hybridized carbons (Fsp3) is 0.462. The highest BCUT2D eigenvalue weighted by atomic mass is 16.5. The van der Waals surface area contributed by atoms with E-state index in [4.69, 9.17) is 15.1 Å². The van der Waals surface area contributed by atoms with Gasteiger partial charge in [-0.2, -0.15) is 5.26 Å². The van der Waals surface area contributed by atoms with Crippen LogP contribution in [0.1, 0.15) is 17.2 Å². The van der Waals surface area contributed by atoms with Crippen molar-refractivity contribution in [2.45, 2.75) is 12.1 Å². The molecule has 18 heavy (non-hydrogen) atoms. The molecule has 3 N–H and O–H groups in total. The van der Waals surface area contributed by atoms with Crippen LogP contribution >= 0.6 is 0 Å². The summed E-state index contributed by atoms with van der Waals surface area (Å²) < 4.78 is 4.92. The average molecular weight is 250 g/mol. The number of methoxy groups -OCH3 is 1. The molecule has 2 unspecified atom stereocenters. The summed E-state index contributed by atoms with van der Waals surface area (Å²) in [6, 6.07) is 8.59. The number of ether oxygens (including phenoxy) is 1. The second kappa shape index (κ2) is 7.80. The molecule has 0 bridgehead atoms. The topological polar surface area (TPSA) is 85.5 Å². The Balaban J connectivity index is 2.49. The van der Waals surface area contributed by atoms with Crippen LogP contribution in [-0.4, -0.2) is 43.1 Å². The quantitative estimate of drug-likeness (QED) is 0.643. The van der Waals surface area contributed by atoms with E-state index < -0.39 is 6.10 Å². The third-order valence-corrected chi connectivity index (χ3v) is 2.61. The summed E-state index contributed by atoms with van der Waals surface area (Å²) in [5.41, 5.74) is 1.29. The second-order valence-corrected chi connectivity index (χ2v) is 3.99. The fourth-order valence-corrected chi connectivity index (χ4v) is 1.55. The van der Waals surface area contributed by atoms with Gasteiger partial charge in [-0.05, 0) is 17.7 Å². The first-order chi connectivity index (χ1) is 8.71.